The predicted octanol–water partition coefficient (Wildman–Crippen LogP) is 1.65. The maximum absolute atomic E-state index is 13.1. The lowest BCUT2D eigenvalue weighted by atomic mass is 9.94. The highest BCUT2D eigenvalue weighted by Gasteiger charge is 2.40. The molecule has 0 radical (unpaired) electrons. The number of benzene rings is 1. The number of carbonyl (C=O) groups is 2. The van der Waals surface area contributed by atoms with Crippen LogP contribution in [-0.4, -0.2) is 109 Å². The number of anilines is 1. The van der Waals surface area contributed by atoms with Crippen molar-refractivity contribution in [2.75, 3.05) is 58.3 Å². The second-order valence-corrected chi connectivity index (χ2v) is 9.55. The molecular weight excluding hydrogens is 448 g/mol. The summed E-state index contributed by atoms with van der Waals surface area (Å²) in [4.78, 5) is 31.7. The molecule has 0 saturated carbocycles. The van der Waals surface area contributed by atoms with Crippen LogP contribution in [0.5, 0.6) is 0 Å². The number of aliphatic hydroxyl groups excluding tert-OH is 1. The van der Waals surface area contributed by atoms with Gasteiger partial charge in [0.15, 0.2) is 0 Å². The molecule has 0 spiro atoms. The van der Waals surface area contributed by atoms with E-state index in [1.165, 1.54) is 0 Å². The van der Waals surface area contributed by atoms with E-state index in [4.69, 9.17) is 21.1 Å². The molecule has 3 amide bonds. The Hall–Kier alpha value is -1.91. The molecule has 182 valence electrons. The number of hydrogen-bond donors (Lipinski definition) is 2. The third kappa shape index (κ3) is 6.36. The van der Waals surface area contributed by atoms with Gasteiger partial charge in [0, 0.05) is 36.9 Å². The molecule has 1 aromatic carbocycles. The van der Waals surface area contributed by atoms with E-state index >= 15 is 0 Å². The largest absolute Gasteiger partial charge is 0.389 e. The molecule has 3 aliphatic heterocycles. The van der Waals surface area contributed by atoms with Crippen molar-refractivity contribution in [1.29, 1.82) is 0 Å². The zero-order valence-electron chi connectivity index (χ0n) is 19.0. The van der Waals surface area contributed by atoms with Gasteiger partial charge in [0.05, 0.1) is 44.4 Å². The van der Waals surface area contributed by atoms with Gasteiger partial charge in [0.25, 0.3) is 0 Å². The minimum Gasteiger partial charge on any atom is -0.389 e. The molecule has 0 unspecified atom stereocenters. The minimum absolute atomic E-state index is 0.117. The van der Waals surface area contributed by atoms with Crippen molar-refractivity contribution < 1.29 is 24.2 Å². The van der Waals surface area contributed by atoms with Crippen molar-refractivity contribution in [2.45, 2.75) is 43.6 Å². The van der Waals surface area contributed by atoms with E-state index < -0.39 is 6.10 Å². The van der Waals surface area contributed by atoms with Gasteiger partial charge in [-0.3, -0.25) is 4.79 Å². The number of amides is 3. The lowest BCUT2D eigenvalue weighted by Gasteiger charge is -2.44. The van der Waals surface area contributed by atoms with Gasteiger partial charge >= 0.3 is 6.03 Å². The Morgan fingerprint density at radius 1 is 1.12 bits per heavy atom. The summed E-state index contributed by atoms with van der Waals surface area (Å²) < 4.78 is 11.9. The third-order valence-electron chi connectivity index (χ3n) is 6.60. The zero-order chi connectivity index (χ0) is 23.4. The fourth-order valence-corrected chi connectivity index (χ4v) is 4.81. The highest BCUT2D eigenvalue weighted by atomic mass is 35.5. The molecular formula is C23H33ClN4O5. The van der Waals surface area contributed by atoms with Crippen LogP contribution in [0.3, 0.4) is 0 Å². The summed E-state index contributed by atoms with van der Waals surface area (Å²) in [6.07, 6.45) is 0.349. The number of piperazine rings is 1. The number of β-amino-alcohol motifs (C(OH)–C–C–N with tert-alkyl or cyclic N) is 1. The fourth-order valence-electron chi connectivity index (χ4n) is 4.68. The lowest BCUT2D eigenvalue weighted by molar-refractivity contribution is -0.155. The number of ether oxygens (including phenoxy) is 2. The van der Waals surface area contributed by atoms with Gasteiger partial charge in [-0.15, -0.1) is 0 Å². The van der Waals surface area contributed by atoms with Crippen LogP contribution in [0.1, 0.15) is 19.3 Å². The maximum Gasteiger partial charge on any atom is 0.322 e. The molecule has 0 bridgehead atoms. The average molecular weight is 481 g/mol. The summed E-state index contributed by atoms with van der Waals surface area (Å²) in [6.45, 7) is 3.80. The van der Waals surface area contributed by atoms with Crippen LogP contribution in [0.15, 0.2) is 24.3 Å². The zero-order valence-corrected chi connectivity index (χ0v) is 19.7. The number of hydrogen-bond acceptors (Lipinski definition) is 6. The summed E-state index contributed by atoms with van der Waals surface area (Å²) in [7, 11) is 2.06. The first-order valence-electron chi connectivity index (χ1n) is 11.6. The van der Waals surface area contributed by atoms with Gasteiger partial charge < -0.3 is 34.6 Å². The summed E-state index contributed by atoms with van der Waals surface area (Å²) >= 11 is 5.94. The number of fused-ring (bicyclic) bond motifs is 1. The van der Waals surface area contributed by atoms with Gasteiger partial charge in [-0.1, -0.05) is 11.6 Å². The van der Waals surface area contributed by atoms with Crippen molar-refractivity contribution in [3.05, 3.63) is 29.3 Å². The topological polar surface area (TPSA) is 94.6 Å². The highest BCUT2D eigenvalue weighted by Crippen LogP contribution is 2.29. The van der Waals surface area contributed by atoms with E-state index in [0.29, 0.717) is 30.0 Å². The van der Waals surface area contributed by atoms with Crippen LogP contribution < -0.4 is 5.32 Å². The molecule has 1 aromatic rings. The third-order valence-corrected chi connectivity index (χ3v) is 6.85. The second-order valence-electron chi connectivity index (χ2n) is 9.11. The number of aliphatic hydroxyl groups is 1. The Morgan fingerprint density at radius 2 is 1.85 bits per heavy atom. The van der Waals surface area contributed by atoms with Crippen LogP contribution in [0.25, 0.3) is 0 Å². The maximum atomic E-state index is 13.1. The van der Waals surface area contributed by atoms with Crippen molar-refractivity contribution in [3.8, 4) is 0 Å². The van der Waals surface area contributed by atoms with E-state index in [-0.39, 0.29) is 49.9 Å². The lowest BCUT2D eigenvalue weighted by Crippen LogP contribution is -2.58. The van der Waals surface area contributed by atoms with Gasteiger partial charge in [0.1, 0.15) is 6.10 Å². The number of halogens is 1. The van der Waals surface area contributed by atoms with Gasteiger partial charge in [-0.2, -0.15) is 0 Å². The number of likely N-dealkylation sites (N-methyl/N-ethyl adjacent to an activating group) is 1. The highest BCUT2D eigenvalue weighted by molar-refractivity contribution is 6.30. The summed E-state index contributed by atoms with van der Waals surface area (Å²) in [5, 5.41) is 13.8. The van der Waals surface area contributed by atoms with Crippen LogP contribution in [0.2, 0.25) is 5.02 Å². The molecule has 4 rings (SSSR count). The smallest absolute Gasteiger partial charge is 0.322 e. The Balaban J connectivity index is 1.39. The summed E-state index contributed by atoms with van der Waals surface area (Å²) in [5.74, 6) is 0.117. The predicted molar refractivity (Wildman–Crippen MR) is 124 cm³/mol. The molecule has 3 heterocycles. The van der Waals surface area contributed by atoms with E-state index in [1.807, 2.05) is 4.90 Å². The first-order valence-corrected chi connectivity index (χ1v) is 12.0. The monoisotopic (exact) mass is 480 g/mol. The van der Waals surface area contributed by atoms with E-state index in [9.17, 15) is 14.7 Å². The Morgan fingerprint density at radius 3 is 2.58 bits per heavy atom. The van der Waals surface area contributed by atoms with Crippen molar-refractivity contribution in [1.82, 2.24) is 14.7 Å². The van der Waals surface area contributed by atoms with E-state index in [0.717, 1.165) is 26.2 Å². The van der Waals surface area contributed by atoms with Crippen LogP contribution in [0.4, 0.5) is 10.5 Å². The molecule has 3 fully saturated rings. The molecule has 4 atom stereocenters. The molecule has 3 saturated heterocycles. The Bertz CT molecular complexity index is 818. The number of nitrogens with zero attached hydrogens (tertiary/aromatic N) is 3. The molecule has 2 N–H and O–H groups in total. The van der Waals surface area contributed by atoms with Crippen LogP contribution >= 0.6 is 11.6 Å². The Labute approximate surface area is 199 Å². The molecule has 10 heteroatoms. The number of urea groups is 1. The van der Waals surface area contributed by atoms with E-state index in [2.05, 4.69) is 17.3 Å². The van der Waals surface area contributed by atoms with Crippen LogP contribution in [-0.2, 0) is 14.3 Å². The first-order chi connectivity index (χ1) is 15.9. The number of rotatable bonds is 3. The summed E-state index contributed by atoms with van der Waals surface area (Å²) in [6, 6.07) is 6.34. The van der Waals surface area contributed by atoms with Gasteiger partial charge in [-0.05, 0) is 44.2 Å². The molecule has 0 aromatic heterocycles. The molecule has 9 nitrogen and oxygen atoms in total. The quantitative estimate of drug-likeness (QED) is 0.683. The minimum atomic E-state index is -0.779. The molecule has 0 aliphatic carbocycles. The Kier molecular flexibility index (Phi) is 8.08. The van der Waals surface area contributed by atoms with Crippen molar-refractivity contribution >= 4 is 29.2 Å². The fraction of sp³-hybridized carbons (Fsp3) is 0.652. The summed E-state index contributed by atoms with van der Waals surface area (Å²) in [5.41, 5.74) is 0.626. The number of nitrogens with one attached hydrogen (secondary N) is 1. The SMILES string of the molecule is CN1CCN(C(=O)C[C@@H]2CC[C@@H]3[C@H](COC[C@H](O)CN3C(=O)Nc3ccc(Cl)cc3)O2)CC1. The van der Waals surface area contributed by atoms with Gasteiger partial charge in [-0.25, -0.2) is 4.79 Å². The first kappa shape index (κ1) is 24.2. The van der Waals surface area contributed by atoms with Crippen molar-refractivity contribution in [2.24, 2.45) is 0 Å². The molecule has 3 aliphatic rings. The second kappa shape index (κ2) is 11.0. The standard InChI is InChI=1S/C23H33ClN4O5/c1-26-8-10-27(11-9-26)22(30)12-19-6-7-20-21(33-19)15-32-14-18(29)13-28(20)23(31)25-17-4-2-16(24)3-5-17/h2-5,18-21,29H,6-15H2,1H3,(H,25,31)/t18-,19+,20-,21+/m1/s1. The number of carbonyl (C=O) groups excluding carboxylic acids is 2. The molecule has 33 heavy (non-hydrogen) atoms. The van der Waals surface area contributed by atoms with Gasteiger partial charge in [0.2, 0.25) is 5.91 Å². The van der Waals surface area contributed by atoms with Crippen LogP contribution in [0, 0.1) is 0 Å². The van der Waals surface area contributed by atoms with E-state index in [1.54, 1.807) is 29.2 Å². The van der Waals surface area contributed by atoms with Crippen molar-refractivity contribution in [3.63, 3.8) is 0 Å². The average Bonchev–Trinajstić information content (AvgIpc) is 2.78. The normalized spacial score (nSPS) is 29.1.